The average molecular weight is 279 g/mol. The number of rotatable bonds is 8. The molecule has 0 fully saturated rings. The molecule has 0 saturated heterocycles. The molecule has 0 N–H and O–H groups in total. The molecule has 2 nitrogen and oxygen atoms in total. The van der Waals surface area contributed by atoms with Gasteiger partial charge in [0.15, 0.2) is 0 Å². The number of nitrogens with zero attached hydrogens (tertiary/aromatic N) is 1. The number of amides is 1. The Hall–Kier alpha value is -0.960. The van der Waals surface area contributed by atoms with Gasteiger partial charge in [0.2, 0.25) is 0 Å². The van der Waals surface area contributed by atoms with Crippen LogP contribution in [0.3, 0.4) is 0 Å². The van der Waals surface area contributed by atoms with Crippen molar-refractivity contribution in [1.29, 1.82) is 0 Å². The highest BCUT2D eigenvalue weighted by molar-refractivity contribution is 7.98. The summed E-state index contributed by atoms with van der Waals surface area (Å²) in [6, 6.07) is 7.93. The van der Waals surface area contributed by atoms with Gasteiger partial charge in [0, 0.05) is 23.5 Å². The van der Waals surface area contributed by atoms with Gasteiger partial charge >= 0.3 is 0 Å². The number of hydrogen-bond donors (Lipinski definition) is 0. The van der Waals surface area contributed by atoms with Crippen LogP contribution < -0.4 is 0 Å². The van der Waals surface area contributed by atoms with Crippen molar-refractivity contribution in [3.63, 3.8) is 0 Å². The van der Waals surface area contributed by atoms with Gasteiger partial charge in [0.05, 0.1) is 0 Å². The fourth-order valence-corrected chi connectivity index (χ4v) is 2.34. The third-order valence-electron chi connectivity index (χ3n) is 3.19. The van der Waals surface area contributed by atoms with Gasteiger partial charge in [0.25, 0.3) is 5.91 Å². The van der Waals surface area contributed by atoms with Crippen LogP contribution in [0.4, 0.5) is 0 Å². The topological polar surface area (TPSA) is 20.3 Å². The Labute approximate surface area is 121 Å². The van der Waals surface area contributed by atoms with Gasteiger partial charge in [-0.1, -0.05) is 26.7 Å². The third kappa shape index (κ3) is 5.27. The maximum Gasteiger partial charge on any atom is 0.253 e. The van der Waals surface area contributed by atoms with Gasteiger partial charge in [0.1, 0.15) is 0 Å². The fourth-order valence-electron chi connectivity index (χ4n) is 1.93. The van der Waals surface area contributed by atoms with E-state index in [1.807, 2.05) is 35.4 Å². The van der Waals surface area contributed by atoms with E-state index < -0.39 is 0 Å². The molecule has 0 aliphatic heterocycles. The Kier molecular flexibility index (Phi) is 7.65. The zero-order chi connectivity index (χ0) is 14.1. The minimum Gasteiger partial charge on any atom is -0.339 e. The van der Waals surface area contributed by atoms with Crippen molar-refractivity contribution in [2.24, 2.45) is 0 Å². The zero-order valence-corrected chi connectivity index (χ0v) is 13.1. The van der Waals surface area contributed by atoms with E-state index in [4.69, 9.17) is 0 Å². The molecule has 0 radical (unpaired) electrons. The number of unbranched alkanes of at least 4 members (excludes halogenated alkanes) is 2. The number of carbonyl (C=O) groups is 1. The summed E-state index contributed by atoms with van der Waals surface area (Å²) in [6.45, 7) is 6.07. The Morgan fingerprint density at radius 1 is 1.05 bits per heavy atom. The van der Waals surface area contributed by atoms with Crippen LogP contribution in [0.5, 0.6) is 0 Å². The number of hydrogen-bond acceptors (Lipinski definition) is 2. The number of thioether (sulfide) groups is 1. The summed E-state index contributed by atoms with van der Waals surface area (Å²) in [5, 5.41) is 0. The van der Waals surface area contributed by atoms with E-state index in [0.29, 0.717) is 0 Å². The first-order valence-corrected chi connectivity index (χ1v) is 8.38. The van der Waals surface area contributed by atoms with Crippen LogP contribution in [0, 0.1) is 0 Å². The molecule has 0 aliphatic carbocycles. The molecule has 1 amide bonds. The number of benzene rings is 1. The van der Waals surface area contributed by atoms with E-state index in [1.54, 1.807) is 11.8 Å². The second-order valence-electron chi connectivity index (χ2n) is 4.73. The van der Waals surface area contributed by atoms with Gasteiger partial charge in [-0.25, -0.2) is 0 Å². The first-order valence-electron chi connectivity index (χ1n) is 7.16. The highest BCUT2D eigenvalue weighted by Crippen LogP contribution is 2.16. The lowest BCUT2D eigenvalue weighted by molar-refractivity contribution is 0.0751. The van der Waals surface area contributed by atoms with E-state index >= 15 is 0 Å². The van der Waals surface area contributed by atoms with Gasteiger partial charge in [-0.3, -0.25) is 4.79 Å². The largest absolute Gasteiger partial charge is 0.339 e. The molecule has 0 atom stereocenters. The lowest BCUT2D eigenvalue weighted by Crippen LogP contribution is -2.32. The quantitative estimate of drug-likeness (QED) is 0.655. The van der Waals surface area contributed by atoms with Crippen molar-refractivity contribution < 1.29 is 4.79 Å². The highest BCUT2D eigenvalue weighted by atomic mass is 32.2. The second-order valence-corrected chi connectivity index (χ2v) is 5.61. The lowest BCUT2D eigenvalue weighted by atomic mass is 10.1. The second kappa shape index (κ2) is 9.03. The van der Waals surface area contributed by atoms with Crippen LogP contribution >= 0.6 is 11.8 Å². The van der Waals surface area contributed by atoms with Crippen molar-refractivity contribution in [1.82, 2.24) is 4.90 Å². The molecule has 0 heterocycles. The third-order valence-corrected chi connectivity index (χ3v) is 3.93. The molecule has 106 valence electrons. The van der Waals surface area contributed by atoms with E-state index in [9.17, 15) is 4.79 Å². The number of carbonyl (C=O) groups excluding carboxylic acids is 1. The zero-order valence-electron chi connectivity index (χ0n) is 12.3. The van der Waals surface area contributed by atoms with Crippen molar-refractivity contribution in [3.05, 3.63) is 29.8 Å². The molecule has 19 heavy (non-hydrogen) atoms. The van der Waals surface area contributed by atoms with E-state index in [2.05, 4.69) is 13.8 Å². The van der Waals surface area contributed by atoms with Gasteiger partial charge in [-0.05, 0) is 43.4 Å². The molecule has 0 aromatic heterocycles. The van der Waals surface area contributed by atoms with Gasteiger partial charge in [-0.2, -0.15) is 0 Å². The summed E-state index contributed by atoms with van der Waals surface area (Å²) < 4.78 is 0. The molecule has 0 unspecified atom stereocenters. The van der Waals surface area contributed by atoms with Crippen LogP contribution in [0.15, 0.2) is 29.2 Å². The van der Waals surface area contributed by atoms with Gasteiger partial charge < -0.3 is 4.90 Å². The molecular formula is C16H25NOS. The highest BCUT2D eigenvalue weighted by Gasteiger charge is 2.14. The smallest absolute Gasteiger partial charge is 0.253 e. The SMILES string of the molecule is CCCCN(CCCC)C(=O)c1ccc(SC)cc1. The van der Waals surface area contributed by atoms with Crippen LogP contribution in [0.2, 0.25) is 0 Å². The summed E-state index contributed by atoms with van der Waals surface area (Å²) in [7, 11) is 0. The minimum absolute atomic E-state index is 0.176. The maximum absolute atomic E-state index is 12.5. The Morgan fingerprint density at radius 3 is 2.00 bits per heavy atom. The van der Waals surface area contributed by atoms with Crippen molar-refractivity contribution in [3.8, 4) is 0 Å². The summed E-state index contributed by atoms with van der Waals surface area (Å²) in [5.74, 6) is 0.176. The standard InChI is InChI=1S/C16H25NOS/c1-4-6-12-17(13-7-5-2)16(18)14-8-10-15(19-3)11-9-14/h8-11H,4-7,12-13H2,1-3H3. The average Bonchev–Trinajstić information content (AvgIpc) is 2.47. The van der Waals surface area contributed by atoms with Crippen LogP contribution in [-0.2, 0) is 0 Å². The van der Waals surface area contributed by atoms with Crippen molar-refractivity contribution >= 4 is 17.7 Å². The molecule has 1 aromatic carbocycles. The monoisotopic (exact) mass is 279 g/mol. The van der Waals surface area contributed by atoms with Crippen LogP contribution in [0.25, 0.3) is 0 Å². The van der Waals surface area contributed by atoms with Gasteiger partial charge in [-0.15, -0.1) is 11.8 Å². The maximum atomic E-state index is 12.5. The molecule has 1 rings (SSSR count). The predicted octanol–water partition coefficient (Wildman–Crippen LogP) is 4.45. The van der Waals surface area contributed by atoms with Crippen LogP contribution in [0.1, 0.15) is 49.9 Å². The van der Waals surface area contributed by atoms with E-state index in [0.717, 1.165) is 44.3 Å². The Bertz CT molecular complexity index is 367. The molecular weight excluding hydrogens is 254 g/mol. The first-order chi connectivity index (χ1) is 9.22. The molecule has 0 spiro atoms. The fraction of sp³-hybridized carbons (Fsp3) is 0.562. The molecule has 1 aromatic rings. The molecule has 3 heteroatoms. The Balaban J connectivity index is 2.72. The lowest BCUT2D eigenvalue weighted by Gasteiger charge is -2.22. The summed E-state index contributed by atoms with van der Waals surface area (Å²) in [4.78, 5) is 15.7. The minimum atomic E-state index is 0.176. The summed E-state index contributed by atoms with van der Waals surface area (Å²) in [5.41, 5.74) is 0.810. The first kappa shape index (κ1) is 16.1. The van der Waals surface area contributed by atoms with E-state index in [-0.39, 0.29) is 5.91 Å². The Morgan fingerprint density at radius 2 is 1.58 bits per heavy atom. The normalized spacial score (nSPS) is 10.5. The predicted molar refractivity (Wildman–Crippen MR) is 83.9 cm³/mol. The van der Waals surface area contributed by atoms with Crippen molar-refractivity contribution in [2.45, 2.75) is 44.4 Å². The molecule has 0 saturated carbocycles. The molecule has 0 aliphatic rings. The molecule has 0 bridgehead atoms. The van der Waals surface area contributed by atoms with Crippen LogP contribution in [-0.4, -0.2) is 30.2 Å². The van der Waals surface area contributed by atoms with E-state index in [1.165, 1.54) is 4.90 Å². The summed E-state index contributed by atoms with van der Waals surface area (Å²) in [6.07, 6.45) is 6.46. The summed E-state index contributed by atoms with van der Waals surface area (Å²) >= 11 is 1.70. The van der Waals surface area contributed by atoms with Crippen molar-refractivity contribution in [2.75, 3.05) is 19.3 Å².